The second kappa shape index (κ2) is 10.5. The van der Waals surface area contributed by atoms with Crippen molar-refractivity contribution in [1.82, 2.24) is 14.5 Å². The molecule has 36 heavy (non-hydrogen) atoms. The molecular weight excluding hydrogens is 497 g/mol. The van der Waals surface area contributed by atoms with Gasteiger partial charge in [0.05, 0.1) is 22.7 Å². The third-order valence-corrected chi connectivity index (χ3v) is 5.30. The van der Waals surface area contributed by atoms with Crippen molar-refractivity contribution in [1.29, 1.82) is 5.26 Å². The number of hydrogen-bond acceptors (Lipinski definition) is 6. The van der Waals surface area contributed by atoms with Crippen LogP contribution in [0.15, 0.2) is 78.0 Å². The van der Waals surface area contributed by atoms with Crippen LogP contribution in [0.1, 0.15) is 22.3 Å². The number of nitriles is 1. The van der Waals surface area contributed by atoms with Crippen molar-refractivity contribution in [3.05, 3.63) is 111 Å². The smallest absolute Gasteiger partial charge is 0.417 e. The first kappa shape index (κ1) is 24.8. The van der Waals surface area contributed by atoms with Crippen molar-refractivity contribution < 1.29 is 22.6 Å². The second-order valence-corrected chi connectivity index (χ2v) is 7.91. The molecule has 0 saturated heterocycles. The van der Waals surface area contributed by atoms with Gasteiger partial charge in [0.2, 0.25) is 5.88 Å². The Balaban J connectivity index is 1.45. The molecule has 2 aromatic heterocycles. The quantitative estimate of drug-likeness (QED) is 0.320. The maximum atomic E-state index is 13.1. The Bertz CT molecular complexity index is 1480. The number of hydrogen-bond donors (Lipinski definition) is 0. The fourth-order valence-electron chi connectivity index (χ4n) is 3.21. The summed E-state index contributed by atoms with van der Waals surface area (Å²) in [5, 5.41) is 9.03. The number of aromatic nitrogens is 3. The fourth-order valence-corrected chi connectivity index (χ4v) is 3.44. The number of alkyl halides is 3. The Kier molecular flexibility index (Phi) is 7.22. The molecule has 0 amide bonds. The van der Waals surface area contributed by atoms with Crippen LogP contribution in [0.5, 0.6) is 17.4 Å². The molecule has 182 valence electrons. The molecule has 0 fully saturated rings. The summed E-state index contributed by atoms with van der Waals surface area (Å²) in [7, 11) is 0. The predicted octanol–water partition coefficient (Wildman–Crippen LogP) is 5.60. The highest BCUT2D eigenvalue weighted by molar-refractivity contribution is 6.31. The molecule has 0 aliphatic rings. The maximum absolute atomic E-state index is 13.1. The number of pyridine rings is 1. The van der Waals surface area contributed by atoms with Crippen LogP contribution < -0.4 is 15.2 Å². The summed E-state index contributed by atoms with van der Waals surface area (Å²) in [5.74, 6) is 0.0444. The van der Waals surface area contributed by atoms with Gasteiger partial charge in [0.25, 0.3) is 0 Å². The summed E-state index contributed by atoms with van der Waals surface area (Å²) in [4.78, 5) is 20.1. The van der Waals surface area contributed by atoms with Crippen LogP contribution in [-0.2, 0) is 19.3 Å². The number of benzene rings is 2. The zero-order valence-electron chi connectivity index (χ0n) is 18.4. The molecule has 2 heterocycles. The molecule has 0 atom stereocenters. The largest absolute Gasteiger partial charge is 0.473 e. The molecule has 0 aliphatic heterocycles. The van der Waals surface area contributed by atoms with Gasteiger partial charge < -0.3 is 9.47 Å². The lowest BCUT2D eigenvalue weighted by Gasteiger charge is -2.13. The van der Waals surface area contributed by atoms with Crippen molar-refractivity contribution >= 4 is 11.6 Å². The number of ether oxygens (including phenoxy) is 2. The van der Waals surface area contributed by atoms with E-state index in [0.29, 0.717) is 12.1 Å². The van der Waals surface area contributed by atoms with E-state index in [1.54, 1.807) is 42.9 Å². The van der Waals surface area contributed by atoms with Gasteiger partial charge in [0.1, 0.15) is 24.2 Å². The third kappa shape index (κ3) is 6.00. The molecule has 7 nitrogen and oxygen atoms in total. The summed E-state index contributed by atoms with van der Waals surface area (Å²) >= 11 is 5.63. The van der Waals surface area contributed by atoms with Gasteiger partial charge in [-0.15, -0.1) is 0 Å². The normalized spacial score (nSPS) is 11.1. The minimum absolute atomic E-state index is 0.00502. The van der Waals surface area contributed by atoms with Gasteiger partial charge in [-0.1, -0.05) is 17.7 Å². The molecule has 0 bridgehead atoms. The van der Waals surface area contributed by atoms with Gasteiger partial charge in [0, 0.05) is 24.7 Å². The Morgan fingerprint density at radius 1 is 1.03 bits per heavy atom. The highest BCUT2D eigenvalue weighted by Gasteiger charge is 2.33. The lowest BCUT2D eigenvalue weighted by Crippen LogP contribution is -2.23. The summed E-state index contributed by atoms with van der Waals surface area (Å²) in [6.45, 7) is 0.328. The molecule has 0 radical (unpaired) electrons. The van der Waals surface area contributed by atoms with Gasteiger partial charge in [-0.2, -0.15) is 23.4 Å². The highest BCUT2D eigenvalue weighted by Crippen LogP contribution is 2.38. The van der Waals surface area contributed by atoms with Crippen LogP contribution >= 0.6 is 11.6 Å². The SMILES string of the molecule is N#Cc1cc(COc2ccn(Cc3ccncc3)c(=O)n2)ccc1Oc1ccc(Cl)c(C(F)(F)F)c1. The first-order valence-corrected chi connectivity index (χ1v) is 10.8. The van der Waals surface area contributed by atoms with Crippen molar-refractivity contribution in [3.8, 4) is 23.4 Å². The topological polar surface area (TPSA) is 90.0 Å². The molecule has 0 saturated carbocycles. The summed E-state index contributed by atoms with van der Waals surface area (Å²) < 4.78 is 51.8. The van der Waals surface area contributed by atoms with Crippen molar-refractivity contribution in [2.75, 3.05) is 0 Å². The zero-order chi connectivity index (χ0) is 25.7. The van der Waals surface area contributed by atoms with Crippen LogP contribution in [0, 0.1) is 11.3 Å². The van der Waals surface area contributed by atoms with Crippen molar-refractivity contribution in [2.45, 2.75) is 19.3 Å². The van der Waals surface area contributed by atoms with E-state index in [9.17, 15) is 23.2 Å². The molecule has 0 unspecified atom stereocenters. The van der Waals surface area contributed by atoms with Gasteiger partial charge in [-0.25, -0.2) is 4.79 Å². The van der Waals surface area contributed by atoms with Gasteiger partial charge >= 0.3 is 11.9 Å². The lowest BCUT2D eigenvalue weighted by molar-refractivity contribution is -0.137. The first-order chi connectivity index (χ1) is 17.2. The zero-order valence-corrected chi connectivity index (χ0v) is 19.1. The summed E-state index contributed by atoms with van der Waals surface area (Å²) in [6, 6.07) is 14.7. The van der Waals surface area contributed by atoms with E-state index in [0.717, 1.165) is 17.7 Å². The van der Waals surface area contributed by atoms with E-state index in [1.165, 1.54) is 22.8 Å². The molecule has 11 heteroatoms. The van der Waals surface area contributed by atoms with Crippen LogP contribution in [0.25, 0.3) is 0 Å². The maximum Gasteiger partial charge on any atom is 0.417 e. The lowest BCUT2D eigenvalue weighted by atomic mass is 10.1. The average Bonchev–Trinajstić information content (AvgIpc) is 2.86. The summed E-state index contributed by atoms with van der Waals surface area (Å²) in [5.41, 5.74) is 0.00332. The average molecular weight is 513 g/mol. The first-order valence-electron chi connectivity index (χ1n) is 10.4. The second-order valence-electron chi connectivity index (χ2n) is 7.50. The van der Waals surface area contributed by atoms with E-state index in [1.807, 2.05) is 6.07 Å². The third-order valence-electron chi connectivity index (χ3n) is 4.97. The molecular formula is C25H16ClF3N4O3. The monoisotopic (exact) mass is 512 g/mol. The molecule has 4 rings (SSSR count). The Labute approximate surface area is 208 Å². The van der Waals surface area contributed by atoms with Crippen LogP contribution in [0.4, 0.5) is 13.2 Å². The Morgan fingerprint density at radius 2 is 1.81 bits per heavy atom. The minimum atomic E-state index is -4.65. The molecule has 0 aliphatic carbocycles. The minimum Gasteiger partial charge on any atom is -0.473 e. The number of halogens is 4. The van der Waals surface area contributed by atoms with Gasteiger partial charge in [-0.3, -0.25) is 9.55 Å². The van der Waals surface area contributed by atoms with Gasteiger partial charge in [0.15, 0.2) is 0 Å². The van der Waals surface area contributed by atoms with E-state index >= 15 is 0 Å². The van der Waals surface area contributed by atoms with Crippen LogP contribution in [-0.4, -0.2) is 14.5 Å². The van der Waals surface area contributed by atoms with Crippen molar-refractivity contribution in [3.63, 3.8) is 0 Å². The van der Waals surface area contributed by atoms with Crippen LogP contribution in [0.2, 0.25) is 5.02 Å². The standard InChI is InChI=1S/C25H16ClF3N4O3/c26-21-3-2-19(12-20(21)25(27,28)29)36-22-4-1-17(11-18(22)13-30)15-35-23-7-10-33(24(34)32-23)14-16-5-8-31-9-6-16/h1-12H,14-15H2. The van der Waals surface area contributed by atoms with E-state index in [2.05, 4.69) is 9.97 Å². The number of nitrogens with zero attached hydrogens (tertiary/aromatic N) is 4. The molecule has 0 N–H and O–H groups in total. The van der Waals surface area contributed by atoms with E-state index in [4.69, 9.17) is 21.1 Å². The highest BCUT2D eigenvalue weighted by atomic mass is 35.5. The molecule has 4 aromatic rings. The molecule has 2 aromatic carbocycles. The predicted molar refractivity (Wildman–Crippen MR) is 124 cm³/mol. The van der Waals surface area contributed by atoms with Crippen LogP contribution in [0.3, 0.4) is 0 Å². The van der Waals surface area contributed by atoms with E-state index < -0.39 is 22.5 Å². The summed E-state index contributed by atoms with van der Waals surface area (Å²) in [6.07, 6.45) is 0.173. The van der Waals surface area contributed by atoms with Gasteiger partial charge in [-0.05, 0) is 53.6 Å². The Morgan fingerprint density at radius 3 is 2.50 bits per heavy atom. The van der Waals surface area contributed by atoms with Crippen molar-refractivity contribution in [2.24, 2.45) is 0 Å². The van der Waals surface area contributed by atoms with E-state index in [-0.39, 0.29) is 29.5 Å². The molecule has 0 spiro atoms. The Hall–Kier alpha value is -4.36. The fraction of sp³-hybridized carbons (Fsp3) is 0.120. The number of rotatable bonds is 7.